The summed E-state index contributed by atoms with van der Waals surface area (Å²) in [5.74, 6) is 0.577. The second kappa shape index (κ2) is 7.24. The van der Waals surface area contributed by atoms with Crippen LogP contribution >= 0.6 is 0 Å². The number of methoxy groups -OCH3 is 1. The second-order valence-corrected chi connectivity index (χ2v) is 7.73. The highest BCUT2D eigenvalue weighted by molar-refractivity contribution is 7.91. The first kappa shape index (κ1) is 16.3. The van der Waals surface area contributed by atoms with E-state index in [1.54, 1.807) is 7.11 Å². The smallest absolute Gasteiger partial charge is 0.152 e. The minimum Gasteiger partial charge on any atom is -0.383 e. The number of anilines is 1. The number of rotatable bonds is 7. The summed E-state index contributed by atoms with van der Waals surface area (Å²) in [4.78, 5) is 2.08. The summed E-state index contributed by atoms with van der Waals surface area (Å²) in [6.45, 7) is 2.35. The van der Waals surface area contributed by atoms with Gasteiger partial charge in [0.2, 0.25) is 0 Å². The van der Waals surface area contributed by atoms with Crippen LogP contribution in [-0.4, -0.2) is 53.3 Å². The van der Waals surface area contributed by atoms with Gasteiger partial charge in [-0.15, -0.1) is 0 Å². The zero-order valence-electron chi connectivity index (χ0n) is 12.7. The Balaban J connectivity index is 1.89. The molecule has 5 nitrogen and oxygen atoms in total. The minimum atomic E-state index is -2.84. The quantitative estimate of drug-likeness (QED) is 0.763. The van der Waals surface area contributed by atoms with Crippen molar-refractivity contribution in [2.45, 2.75) is 19.0 Å². The highest BCUT2D eigenvalue weighted by atomic mass is 32.2. The molecule has 0 bridgehead atoms. The molecular weight excluding hydrogens is 288 g/mol. The zero-order chi connectivity index (χ0) is 15.3. The Morgan fingerprint density at radius 3 is 2.62 bits per heavy atom. The van der Waals surface area contributed by atoms with Crippen molar-refractivity contribution in [2.75, 3.05) is 43.7 Å². The molecule has 2 rings (SSSR count). The number of hydrogen-bond donors (Lipinski definition) is 1. The van der Waals surface area contributed by atoms with Gasteiger partial charge >= 0.3 is 0 Å². The van der Waals surface area contributed by atoms with Gasteiger partial charge in [-0.05, 0) is 24.1 Å². The van der Waals surface area contributed by atoms with Gasteiger partial charge in [-0.3, -0.25) is 0 Å². The van der Waals surface area contributed by atoms with E-state index in [1.807, 2.05) is 7.05 Å². The molecule has 1 N–H and O–H groups in total. The normalized spacial score (nSPS) is 20.6. The molecule has 1 aromatic carbocycles. The van der Waals surface area contributed by atoms with E-state index in [1.165, 1.54) is 5.56 Å². The fourth-order valence-corrected chi connectivity index (χ4v) is 4.32. The maximum atomic E-state index is 11.6. The lowest BCUT2D eigenvalue weighted by atomic mass is 10.1. The molecule has 21 heavy (non-hydrogen) atoms. The maximum absolute atomic E-state index is 11.6. The van der Waals surface area contributed by atoms with Crippen LogP contribution in [0.5, 0.6) is 0 Å². The van der Waals surface area contributed by atoms with Crippen molar-refractivity contribution >= 4 is 15.5 Å². The molecule has 1 saturated heterocycles. The van der Waals surface area contributed by atoms with Crippen molar-refractivity contribution in [1.29, 1.82) is 0 Å². The molecule has 0 saturated carbocycles. The van der Waals surface area contributed by atoms with Crippen LogP contribution in [0.3, 0.4) is 0 Å². The molecule has 0 spiro atoms. The van der Waals surface area contributed by atoms with Gasteiger partial charge in [0.05, 0.1) is 18.1 Å². The van der Waals surface area contributed by atoms with Gasteiger partial charge in [-0.2, -0.15) is 0 Å². The van der Waals surface area contributed by atoms with Crippen molar-refractivity contribution in [2.24, 2.45) is 0 Å². The third-order valence-electron chi connectivity index (χ3n) is 3.91. The summed E-state index contributed by atoms with van der Waals surface area (Å²) in [6, 6.07) is 8.36. The van der Waals surface area contributed by atoms with Crippen molar-refractivity contribution in [3.05, 3.63) is 29.8 Å². The van der Waals surface area contributed by atoms with Gasteiger partial charge in [-0.25, -0.2) is 8.42 Å². The molecule has 0 amide bonds. The molecule has 1 aromatic rings. The molecule has 1 heterocycles. The molecule has 118 valence electrons. The second-order valence-electron chi connectivity index (χ2n) is 5.50. The summed E-state index contributed by atoms with van der Waals surface area (Å²) >= 11 is 0. The highest BCUT2D eigenvalue weighted by Crippen LogP contribution is 2.23. The summed E-state index contributed by atoms with van der Waals surface area (Å²) in [7, 11) is 0.822. The van der Waals surface area contributed by atoms with Crippen LogP contribution in [0.1, 0.15) is 12.0 Å². The predicted octanol–water partition coefficient (Wildman–Crippen LogP) is 1.05. The van der Waals surface area contributed by atoms with Crippen molar-refractivity contribution in [3.8, 4) is 0 Å². The van der Waals surface area contributed by atoms with Crippen LogP contribution < -0.4 is 10.2 Å². The molecule has 1 unspecified atom stereocenters. The van der Waals surface area contributed by atoms with Gasteiger partial charge in [-0.1, -0.05) is 12.1 Å². The Morgan fingerprint density at radius 2 is 2.05 bits per heavy atom. The monoisotopic (exact) mass is 312 g/mol. The van der Waals surface area contributed by atoms with Crippen LogP contribution in [0.2, 0.25) is 0 Å². The van der Waals surface area contributed by atoms with E-state index in [9.17, 15) is 8.42 Å². The predicted molar refractivity (Wildman–Crippen MR) is 85.5 cm³/mol. The van der Waals surface area contributed by atoms with Crippen molar-refractivity contribution < 1.29 is 13.2 Å². The van der Waals surface area contributed by atoms with E-state index >= 15 is 0 Å². The van der Waals surface area contributed by atoms with Gasteiger partial charge < -0.3 is 15.0 Å². The molecule has 6 heteroatoms. The first-order valence-electron chi connectivity index (χ1n) is 7.24. The third-order valence-corrected chi connectivity index (χ3v) is 5.66. The molecule has 1 atom stereocenters. The summed E-state index contributed by atoms with van der Waals surface area (Å²) in [5, 5.41) is 3.30. The van der Waals surface area contributed by atoms with Crippen molar-refractivity contribution in [3.63, 3.8) is 0 Å². The lowest BCUT2D eigenvalue weighted by molar-refractivity contribution is 0.199. The molecular formula is C15H24N2O3S. The lowest BCUT2D eigenvalue weighted by Crippen LogP contribution is -2.32. The summed E-state index contributed by atoms with van der Waals surface area (Å²) < 4.78 is 28.1. The Bertz CT molecular complexity index is 543. The van der Waals surface area contributed by atoms with Gasteiger partial charge in [0.25, 0.3) is 0 Å². The van der Waals surface area contributed by atoms with Crippen LogP contribution in [0.15, 0.2) is 24.3 Å². The molecule has 1 fully saturated rings. The highest BCUT2D eigenvalue weighted by Gasteiger charge is 2.30. The first-order valence-corrected chi connectivity index (χ1v) is 9.06. The molecule has 1 aliphatic rings. The zero-order valence-corrected chi connectivity index (χ0v) is 13.5. The van der Waals surface area contributed by atoms with Gasteiger partial charge in [0.15, 0.2) is 9.84 Å². The number of hydrogen-bond acceptors (Lipinski definition) is 5. The average molecular weight is 312 g/mol. The van der Waals surface area contributed by atoms with Gasteiger partial charge in [0, 0.05) is 39.0 Å². The van der Waals surface area contributed by atoms with Crippen molar-refractivity contribution in [1.82, 2.24) is 5.32 Å². The Hall–Kier alpha value is -1.11. The summed E-state index contributed by atoms with van der Waals surface area (Å²) in [6.07, 6.45) is 0.721. The topological polar surface area (TPSA) is 58.6 Å². The fraction of sp³-hybridized carbons (Fsp3) is 0.600. The number of sulfone groups is 1. The number of ether oxygens (including phenoxy) is 1. The van der Waals surface area contributed by atoms with Gasteiger partial charge in [0.1, 0.15) is 0 Å². The molecule has 0 radical (unpaired) electrons. The van der Waals surface area contributed by atoms with Crippen LogP contribution in [0.4, 0.5) is 5.69 Å². The van der Waals surface area contributed by atoms with E-state index < -0.39 is 9.84 Å². The number of nitrogens with one attached hydrogen (secondary N) is 1. The Morgan fingerprint density at radius 1 is 1.33 bits per heavy atom. The SMILES string of the molecule is COCCNCc1ccc(N(C)C2CCS(=O)(=O)C2)cc1. The lowest BCUT2D eigenvalue weighted by Gasteiger charge is -2.25. The Kier molecular flexibility index (Phi) is 5.61. The minimum absolute atomic E-state index is 0.0978. The van der Waals surface area contributed by atoms with Crippen LogP contribution in [0.25, 0.3) is 0 Å². The molecule has 0 aliphatic carbocycles. The van der Waals surface area contributed by atoms with Crippen LogP contribution in [0, 0.1) is 0 Å². The van der Waals surface area contributed by atoms with E-state index in [-0.39, 0.29) is 11.8 Å². The first-order chi connectivity index (χ1) is 10.0. The maximum Gasteiger partial charge on any atom is 0.152 e. The van der Waals surface area contributed by atoms with E-state index in [4.69, 9.17) is 4.74 Å². The van der Waals surface area contributed by atoms with E-state index in [0.717, 1.165) is 25.2 Å². The number of nitrogens with zero attached hydrogens (tertiary/aromatic N) is 1. The average Bonchev–Trinajstić information content (AvgIpc) is 2.84. The number of benzene rings is 1. The van der Waals surface area contributed by atoms with Crippen LogP contribution in [-0.2, 0) is 21.1 Å². The largest absolute Gasteiger partial charge is 0.383 e. The Labute approximate surface area is 127 Å². The third kappa shape index (κ3) is 4.69. The molecule has 0 aromatic heterocycles. The van der Waals surface area contributed by atoms with E-state index in [2.05, 4.69) is 34.5 Å². The fourth-order valence-electron chi connectivity index (χ4n) is 2.55. The van der Waals surface area contributed by atoms with E-state index in [0.29, 0.717) is 12.4 Å². The standard InChI is InChI=1S/C15H24N2O3S/c1-17(15-7-10-21(18,19)12-15)14-5-3-13(4-6-14)11-16-8-9-20-2/h3-6,15-16H,7-12H2,1-2H3. The summed E-state index contributed by atoms with van der Waals surface area (Å²) in [5.41, 5.74) is 2.28. The molecule has 1 aliphatic heterocycles.